The monoisotopic (exact) mass is 318 g/mol. The molecule has 1 rings (SSSR count). The number of alkyl halides is 1. The normalized spacial score (nSPS) is 23.5. The van der Waals surface area contributed by atoms with Crippen LogP contribution in [0.5, 0.6) is 0 Å². The van der Waals surface area contributed by atoms with Gasteiger partial charge in [-0.25, -0.2) is 0 Å². The fourth-order valence-electron chi connectivity index (χ4n) is 2.10. The highest BCUT2D eigenvalue weighted by atomic mass is 127. The first kappa shape index (κ1) is 13.3. The van der Waals surface area contributed by atoms with E-state index in [1.54, 1.807) is 0 Å². The van der Waals surface area contributed by atoms with Crippen molar-refractivity contribution in [3.63, 3.8) is 0 Å². The Morgan fingerprint density at radius 3 is 3.00 bits per heavy atom. The van der Waals surface area contributed by atoms with Gasteiger partial charge < -0.3 is 0 Å². The van der Waals surface area contributed by atoms with Gasteiger partial charge in [-0.1, -0.05) is 66.7 Å². The minimum atomic E-state index is 0.777. The Morgan fingerprint density at radius 2 is 2.40 bits per heavy atom. The fourth-order valence-corrected chi connectivity index (χ4v) is 3.04. The minimum Gasteiger partial charge on any atom is -0.0882 e. The van der Waals surface area contributed by atoms with Gasteiger partial charge in [0.25, 0.3) is 0 Å². The molecule has 2 atom stereocenters. The van der Waals surface area contributed by atoms with E-state index in [0.29, 0.717) is 0 Å². The lowest BCUT2D eigenvalue weighted by molar-refractivity contribution is 0.455. The minimum absolute atomic E-state index is 0.777. The Balaban J connectivity index is 2.36. The van der Waals surface area contributed by atoms with Crippen molar-refractivity contribution in [2.24, 2.45) is 11.8 Å². The van der Waals surface area contributed by atoms with Crippen LogP contribution in [-0.2, 0) is 0 Å². The van der Waals surface area contributed by atoms with Crippen LogP contribution >= 0.6 is 22.6 Å². The van der Waals surface area contributed by atoms with E-state index in [1.807, 2.05) is 0 Å². The maximum Gasteiger partial charge on any atom is 0.00639 e. The van der Waals surface area contributed by atoms with Gasteiger partial charge in [0.1, 0.15) is 0 Å². The molecule has 15 heavy (non-hydrogen) atoms. The van der Waals surface area contributed by atoms with Crippen molar-refractivity contribution < 1.29 is 0 Å². The zero-order chi connectivity index (χ0) is 10.9. The molecule has 86 valence electrons. The Morgan fingerprint density at radius 1 is 1.53 bits per heavy atom. The van der Waals surface area contributed by atoms with Gasteiger partial charge in [-0.05, 0) is 37.5 Å². The molecule has 0 aromatic rings. The molecule has 0 saturated carbocycles. The summed E-state index contributed by atoms with van der Waals surface area (Å²) >= 11 is 2.53. The van der Waals surface area contributed by atoms with Gasteiger partial charge in [-0.15, -0.1) is 0 Å². The molecule has 0 N–H and O–H groups in total. The summed E-state index contributed by atoms with van der Waals surface area (Å²) in [5, 5.41) is 0. The van der Waals surface area contributed by atoms with E-state index in [-0.39, 0.29) is 0 Å². The number of hydrogen-bond acceptors (Lipinski definition) is 0. The summed E-state index contributed by atoms with van der Waals surface area (Å²) in [4.78, 5) is 0. The molecule has 0 saturated heterocycles. The summed E-state index contributed by atoms with van der Waals surface area (Å²) in [7, 11) is 0. The van der Waals surface area contributed by atoms with Gasteiger partial charge >= 0.3 is 0 Å². The highest BCUT2D eigenvalue weighted by Gasteiger charge is 2.16. The van der Waals surface area contributed by atoms with E-state index in [4.69, 9.17) is 0 Å². The summed E-state index contributed by atoms with van der Waals surface area (Å²) in [6.45, 7) is 2.26. The zero-order valence-electron chi connectivity index (χ0n) is 9.79. The molecule has 1 heteroatoms. The Hall–Kier alpha value is 0.210. The molecule has 1 aliphatic carbocycles. The fraction of sp³-hybridized carbons (Fsp3) is 0.714. The number of rotatable bonds is 6. The van der Waals surface area contributed by atoms with Gasteiger partial charge in [-0.2, -0.15) is 0 Å². The maximum absolute atomic E-state index is 2.53. The number of hydrogen-bond donors (Lipinski definition) is 0. The van der Waals surface area contributed by atoms with Gasteiger partial charge in [0, 0.05) is 4.43 Å². The molecular formula is C14H23I. The van der Waals surface area contributed by atoms with Crippen LogP contribution < -0.4 is 0 Å². The average molecular weight is 318 g/mol. The molecule has 0 amide bonds. The van der Waals surface area contributed by atoms with Crippen LogP contribution in [0, 0.1) is 11.8 Å². The highest BCUT2D eigenvalue weighted by molar-refractivity contribution is 14.1. The standard InChI is InChI=1S/C14H23I/c1-2-3-4-6-11-14(12-15)13-9-7-5-8-10-13/h6-7,9,11,13-14H,2-5,8,10,12H2,1H3/b11-6-. The first-order valence-corrected chi connectivity index (χ1v) is 7.80. The van der Waals surface area contributed by atoms with Crippen LogP contribution in [0.1, 0.15) is 45.4 Å². The van der Waals surface area contributed by atoms with Crippen LogP contribution in [0.25, 0.3) is 0 Å². The predicted octanol–water partition coefficient (Wildman–Crippen LogP) is 5.14. The van der Waals surface area contributed by atoms with Crippen molar-refractivity contribution in [2.45, 2.75) is 45.4 Å². The van der Waals surface area contributed by atoms with Crippen LogP contribution in [0.4, 0.5) is 0 Å². The van der Waals surface area contributed by atoms with Crippen molar-refractivity contribution in [3.8, 4) is 0 Å². The van der Waals surface area contributed by atoms with Crippen LogP contribution in [0.3, 0.4) is 0 Å². The summed E-state index contributed by atoms with van der Waals surface area (Å²) in [5.74, 6) is 1.59. The van der Waals surface area contributed by atoms with E-state index in [2.05, 4.69) is 53.8 Å². The lowest BCUT2D eigenvalue weighted by atomic mass is 9.85. The number of allylic oxidation sites excluding steroid dienone is 4. The predicted molar refractivity (Wildman–Crippen MR) is 77.5 cm³/mol. The second-order valence-electron chi connectivity index (χ2n) is 4.41. The van der Waals surface area contributed by atoms with Gasteiger partial charge in [-0.3, -0.25) is 0 Å². The summed E-state index contributed by atoms with van der Waals surface area (Å²) in [5.41, 5.74) is 0. The van der Waals surface area contributed by atoms with Crippen molar-refractivity contribution in [3.05, 3.63) is 24.3 Å². The molecule has 0 bridgehead atoms. The van der Waals surface area contributed by atoms with E-state index < -0.39 is 0 Å². The smallest absolute Gasteiger partial charge is 0.00639 e. The van der Waals surface area contributed by atoms with Gasteiger partial charge in [0.15, 0.2) is 0 Å². The van der Waals surface area contributed by atoms with Gasteiger partial charge in [0.05, 0.1) is 0 Å². The van der Waals surface area contributed by atoms with Crippen molar-refractivity contribution in [1.29, 1.82) is 0 Å². The van der Waals surface area contributed by atoms with E-state index in [1.165, 1.54) is 43.0 Å². The second-order valence-corrected chi connectivity index (χ2v) is 5.29. The lowest BCUT2D eigenvalue weighted by Gasteiger charge is -2.22. The van der Waals surface area contributed by atoms with E-state index in [9.17, 15) is 0 Å². The second kappa shape index (κ2) is 8.37. The molecular weight excluding hydrogens is 295 g/mol. The topological polar surface area (TPSA) is 0 Å². The summed E-state index contributed by atoms with van der Waals surface area (Å²) < 4.78 is 1.26. The molecule has 1 aliphatic rings. The maximum atomic E-state index is 2.53. The first-order valence-electron chi connectivity index (χ1n) is 6.27. The van der Waals surface area contributed by atoms with E-state index in [0.717, 1.165) is 11.8 Å². The third kappa shape index (κ3) is 5.19. The molecule has 0 aromatic heterocycles. The zero-order valence-corrected chi connectivity index (χ0v) is 11.9. The van der Waals surface area contributed by atoms with Crippen molar-refractivity contribution in [2.75, 3.05) is 4.43 Å². The highest BCUT2D eigenvalue weighted by Crippen LogP contribution is 2.27. The van der Waals surface area contributed by atoms with Crippen molar-refractivity contribution >= 4 is 22.6 Å². The summed E-state index contributed by atoms with van der Waals surface area (Å²) in [6, 6.07) is 0. The van der Waals surface area contributed by atoms with Gasteiger partial charge in [0.2, 0.25) is 0 Å². The number of halogens is 1. The quantitative estimate of drug-likeness (QED) is 0.275. The van der Waals surface area contributed by atoms with Crippen LogP contribution in [0.2, 0.25) is 0 Å². The Kier molecular flexibility index (Phi) is 7.41. The van der Waals surface area contributed by atoms with E-state index >= 15 is 0 Å². The Labute approximate surface area is 108 Å². The molecule has 0 nitrogen and oxygen atoms in total. The third-order valence-electron chi connectivity index (χ3n) is 3.13. The van der Waals surface area contributed by atoms with Crippen LogP contribution in [-0.4, -0.2) is 4.43 Å². The SMILES string of the molecule is CCCC/C=C\C(CI)C1C=CCCC1. The van der Waals surface area contributed by atoms with Crippen molar-refractivity contribution in [1.82, 2.24) is 0 Å². The largest absolute Gasteiger partial charge is 0.0882 e. The molecule has 0 radical (unpaired) electrons. The first-order chi connectivity index (χ1) is 7.38. The molecule has 0 fully saturated rings. The summed E-state index contributed by atoms with van der Waals surface area (Å²) in [6.07, 6.45) is 17.7. The molecule has 0 spiro atoms. The number of unbranched alkanes of at least 4 members (excludes halogenated alkanes) is 2. The van der Waals surface area contributed by atoms with Crippen LogP contribution in [0.15, 0.2) is 24.3 Å². The molecule has 0 aromatic carbocycles. The molecule has 0 heterocycles. The molecule has 0 aliphatic heterocycles. The lowest BCUT2D eigenvalue weighted by Crippen LogP contribution is -2.13. The average Bonchev–Trinajstić information content (AvgIpc) is 2.30. The third-order valence-corrected chi connectivity index (χ3v) is 4.14. The Bertz CT molecular complexity index is 205. The molecule has 2 unspecified atom stereocenters.